The van der Waals surface area contributed by atoms with Gasteiger partial charge in [0.05, 0.1) is 13.2 Å². The summed E-state index contributed by atoms with van der Waals surface area (Å²) < 4.78 is 10.4. The summed E-state index contributed by atoms with van der Waals surface area (Å²) in [6, 6.07) is 4.60. The molecule has 0 saturated carbocycles. The Hall–Kier alpha value is -2.57. The molecule has 1 aromatic rings. The van der Waals surface area contributed by atoms with E-state index in [1.54, 1.807) is 34.1 Å². The summed E-state index contributed by atoms with van der Waals surface area (Å²) in [5, 5.41) is 0. The van der Waals surface area contributed by atoms with Crippen molar-refractivity contribution in [1.82, 2.24) is 9.80 Å². The summed E-state index contributed by atoms with van der Waals surface area (Å²) in [6.07, 6.45) is -0.928. The van der Waals surface area contributed by atoms with E-state index in [1.807, 2.05) is 19.1 Å². The molecule has 7 nitrogen and oxygen atoms in total. The topological polar surface area (TPSA) is 76.2 Å². The average molecular weight is 348 g/mol. The summed E-state index contributed by atoms with van der Waals surface area (Å²) in [5.41, 5.74) is 1.75. The summed E-state index contributed by atoms with van der Waals surface area (Å²) in [6.45, 7) is 5.15. The number of hydrogen-bond acceptors (Lipinski definition) is 5. The molecule has 0 N–H and O–H groups in total. The van der Waals surface area contributed by atoms with Gasteiger partial charge in [0.2, 0.25) is 5.91 Å². The van der Waals surface area contributed by atoms with E-state index in [2.05, 4.69) is 0 Å². The van der Waals surface area contributed by atoms with Crippen LogP contribution in [0.3, 0.4) is 0 Å². The van der Waals surface area contributed by atoms with E-state index in [4.69, 9.17) is 9.47 Å². The molecule has 136 valence electrons. The molecule has 0 spiro atoms. The maximum Gasteiger partial charge on any atom is 0.417 e. The number of amides is 3. The van der Waals surface area contributed by atoms with E-state index >= 15 is 0 Å². The predicted molar refractivity (Wildman–Crippen MR) is 91.3 cm³/mol. The zero-order valence-electron chi connectivity index (χ0n) is 15.2. The van der Waals surface area contributed by atoms with Crippen molar-refractivity contribution in [1.29, 1.82) is 0 Å². The highest BCUT2D eigenvalue weighted by Gasteiger charge is 2.42. The van der Waals surface area contributed by atoms with E-state index < -0.39 is 18.0 Å². The van der Waals surface area contributed by atoms with Crippen molar-refractivity contribution >= 4 is 17.9 Å². The molecule has 1 heterocycles. The van der Waals surface area contributed by atoms with E-state index in [1.165, 1.54) is 4.90 Å². The summed E-state index contributed by atoms with van der Waals surface area (Å²) in [5.74, 6) is 0.0137. The third kappa shape index (κ3) is 4.10. The van der Waals surface area contributed by atoms with E-state index in [0.717, 1.165) is 21.8 Å². The minimum absolute atomic E-state index is 0.135. The van der Waals surface area contributed by atoms with Crippen LogP contribution in [0.2, 0.25) is 0 Å². The van der Waals surface area contributed by atoms with Crippen molar-refractivity contribution < 1.29 is 23.9 Å². The third-order valence-corrected chi connectivity index (χ3v) is 4.04. The van der Waals surface area contributed by atoms with Gasteiger partial charge in [-0.15, -0.1) is 0 Å². The first kappa shape index (κ1) is 18.8. The van der Waals surface area contributed by atoms with Gasteiger partial charge in [-0.1, -0.05) is 12.1 Å². The number of ether oxygens (including phenoxy) is 2. The monoisotopic (exact) mass is 348 g/mol. The lowest BCUT2D eigenvalue weighted by atomic mass is 9.99. The molecule has 1 aliphatic heterocycles. The van der Waals surface area contributed by atoms with E-state index in [9.17, 15) is 14.4 Å². The number of carbonyl (C=O) groups is 3. The van der Waals surface area contributed by atoms with Gasteiger partial charge in [0.15, 0.2) is 0 Å². The standard InChI is InChI=1S/C18H24N2O5/c1-11(2)25-18(23)20-14(17(22)19(4)10-16(20)21)9-13-6-7-15(24-5)12(3)8-13/h6-8,11,14H,9-10H2,1-5H3. The number of nitrogens with zero attached hydrogens (tertiary/aromatic N) is 2. The Morgan fingerprint density at radius 3 is 2.56 bits per heavy atom. The molecule has 1 saturated heterocycles. The van der Waals surface area contributed by atoms with E-state index in [0.29, 0.717) is 0 Å². The van der Waals surface area contributed by atoms with Crippen LogP contribution in [0.25, 0.3) is 0 Å². The molecule has 25 heavy (non-hydrogen) atoms. The SMILES string of the molecule is COc1ccc(CC2C(=O)N(C)CC(=O)N2C(=O)OC(C)C)cc1C. The Morgan fingerprint density at radius 2 is 2.00 bits per heavy atom. The Labute approximate surface area is 147 Å². The first-order valence-corrected chi connectivity index (χ1v) is 8.15. The van der Waals surface area contributed by atoms with Gasteiger partial charge in [-0.3, -0.25) is 9.59 Å². The molecule has 0 bridgehead atoms. The van der Waals surface area contributed by atoms with Crippen molar-refractivity contribution in [3.05, 3.63) is 29.3 Å². The van der Waals surface area contributed by atoms with Crippen molar-refractivity contribution in [3.8, 4) is 5.75 Å². The van der Waals surface area contributed by atoms with Gasteiger partial charge in [0.1, 0.15) is 18.3 Å². The number of piperazine rings is 1. The summed E-state index contributed by atoms with van der Waals surface area (Å²) in [4.78, 5) is 39.5. The Bertz CT molecular complexity index is 686. The maximum absolute atomic E-state index is 12.6. The highest BCUT2D eigenvalue weighted by molar-refractivity contribution is 6.03. The number of methoxy groups -OCH3 is 1. The molecular weight excluding hydrogens is 324 g/mol. The Kier molecular flexibility index (Phi) is 5.66. The van der Waals surface area contributed by atoms with Crippen LogP contribution in [-0.2, 0) is 20.7 Å². The molecule has 0 aromatic heterocycles. The fourth-order valence-corrected chi connectivity index (χ4v) is 2.85. The predicted octanol–water partition coefficient (Wildman–Crippen LogP) is 1.76. The maximum atomic E-state index is 12.6. The zero-order chi connectivity index (χ0) is 18.7. The number of aryl methyl sites for hydroxylation is 1. The van der Waals surface area contributed by atoms with Crippen molar-refractivity contribution in [2.24, 2.45) is 0 Å². The molecule has 0 aliphatic carbocycles. The molecule has 1 fully saturated rings. The minimum atomic E-state index is -0.912. The van der Waals surface area contributed by atoms with Gasteiger partial charge in [-0.25, -0.2) is 9.69 Å². The minimum Gasteiger partial charge on any atom is -0.496 e. The fourth-order valence-electron chi connectivity index (χ4n) is 2.85. The van der Waals surface area contributed by atoms with Gasteiger partial charge in [0.25, 0.3) is 5.91 Å². The van der Waals surface area contributed by atoms with Crippen LogP contribution < -0.4 is 4.74 Å². The van der Waals surface area contributed by atoms with Crippen molar-refractivity contribution in [2.75, 3.05) is 20.7 Å². The molecule has 3 amide bonds. The van der Waals surface area contributed by atoms with Gasteiger partial charge >= 0.3 is 6.09 Å². The van der Waals surface area contributed by atoms with Crippen LogP contribution in [0.5, 0.6) is 5.75 Å². The normalized spacial score (nSPS) is 17.9. The van der Waals surface area contributed by atoms with Crippen LogP contribution in [0.4, 0.5) is 4.79 Å². The average Bonchev–Trinajstić information content (AvgIpc) is 2.51. The lowest BCUT2D eigenvalue weighted by molar-refractivity contribution is -0.152. The molecule has 1 atom stereocenters. The second-order valence-corrected chi connectivity index (χ2v) is 6.41. The lowest BCUT2D eigenvalue weighted by Crippen LogP contribution is -2.61. The van der Waals surface area contributed by atoms with Crippen LogP contribution >= 0.6 is 0 Å². The second-order valence-electron chi connectivity index (χ2n) is 6.41. The summed E-state index contributed by atoms with van der Waals surface area (Å²) in [7, 11) is 3.14. The van der Waals surface area contributed by atoms with Gasteiger partial charge in [-0.2, -0.15) is 0 Å². The third-order valence-electron chi connectivity index (χ3n) is 4.04. The summed E-state index contributed by atoms with van der Waals surface area (Å²) >= 11 is 0. The number of carbonyl (C=O) groups excluding carboxylic acids is 3. The molecule has 7 heteroatoms. The molecule has 1 unspecified atom stereocenters. The van der Waals surface area contributed by atoms with Crippen LogP contribution in [0.1, 0.15) is 25.0 Å². The number of hydrogen-bond donors (Lipinski definition) is 0. The van der Waals surface area contributed by atoms with E-state index in [-0.39, 0.29) is 25.0 Å². The molecule has 1 aliphatic rings. The molecular formula is C18H24N2O5. The molecule has 2 rings (SSSR count). The van der Waals surface area contributed by atoms with Crippen molar-refractivity contribution in [2.45, 2.75) is 39.3 Å². The Morgan fingerprint density at radius 1 is 1.32 bits per heavy atom. The first-order chi connectivity index (χ1) is 11.7. The Balaban J connectivity index is 2.31. The highest BCUT2D eigenvalue weighted by atomic mass is 16.6. The second kappa shape index (κ2) is 7.55. The van der Waals surface area contributed by atoms with Gasteiger partial charge in [0, 0.05) is 13.5 Å². The van der Waals surface area contributed by atoms with Crippen LogP contribution in [-0.4, -0.2) is 60.6 Å². The lowest BCUT2D eigenvalue weighted by Gasteiger charge is -2.37. The first-order valence-electron chi connectivity index (χ1n) is 8.15. The van der Waals surface area contributed by atoms with Gasteiger partial charge < -0.3 is 14.4 Å². The smallest absolute Gasteiger partial charge is 0.417 e. The van der Waals surface area contributed by atoms with Crippen molar-refractivity contribution in [3.63, 3.8) is 0 Å². The zero-order valence-corrected chi connectivity index (χ0v) is 15.2. The quantitative estimate of drug-likeness (QED) is 0.829. The highest BCUT2D eigenvalue weighted by Crippen LogP contribution is 2.23. The number of rotatable bonds is 4. The molecule has 0 radical (unpaired) electrons. The molecule has 1 aromatic carbocycles. The number of imide groups is 1. The number of benzene rings is 1. The van der Waals surface area contributed by atoms with Gasteiger partial charge in [-0.05, 0) is 38.0 Å². The largest absolute Gasteiger partial charge is 0.496 e. The van der Waals surface area contributed by atoms with Crippen LogP contribution in [0, 0.1) is 6.92 Å². The number of likely N-dealkylation sites (N-methyl/N-ethyl adjacent to an activating group) is 1. The van der Waals surface area contributed by atoms with Crippen LogP contribution in [0.15, 0.2) is 18.2 Å². The fraction of sp³-hybridized carbons (Fsp3) is 0.500.